The number of piperidine rings is 1. The normalized spacial score (nSPS) is 16.9. The third-order valence-electron chi connectivity index (χ3n) is 5.44. The van der Waals surface area contributed by atoms with Crippen molar-refractivity contribution >= 4 is 21.6 Å². The number of hydrogen-bond donors (Lipinski definition) is 1. The lowest BCUT2D eigenvalue weighted by Crippen LogP contribution is -2.44. The number of sulfonamides is 1. The highest BCUT2D eigenvalue weighted by Gasteiger charge is 2.32. The summed E-state index contributed by atoms with van der Waals surface area (Å²) in [4.78, 5) is 12.8. The largest absolute Gasteiger partial charge is 0.457 e. The molecule has 32 heavy (non-hydrogen) atoms. The van der Waals surface area contributed by atoms with Crippen molar-refractivity contribution in [3.8, 4) is 11.5 Å². The first-order valence-corrected chi connectivity index (χ1v) is 12.3. The van der Waals surface area contributed by atoms with Crippen molar-refractivity contribution in [1.82, 2.24) is 4.31 Å². The Kier molecular flexibility index (Phi) is 6.87. The van der Waals surface area contributed by atoms with E-state index in [1.165, 1.54) is 4.31 Å². The Morgan fingerprint density at radius 2 is 1.53 bits per heavy atom. The minimum absolute atomic E-state index is 0.0505. The van der Waals surface area contributed by atoms with Crippen LogP contribution in [-0.2, 0) is 20.6 Å². The molecule has 3 aromatic carbocycles. The molecule has 0 aliphatic carbocycles. The van der Waals surface area contributed by atoms with E-state index in [9.17, 15) is 13.2 Å². The molecule has 0 saturated carbocycles. The summed E-state index contributed by atoms with van der Waals surface area (Å²) in [6.07, 6.45) is 1.33. The van der Waals surface area contributed by atoms with Crippen molar-refractivity contribution in [3.63, 3.8) is 0 Å². The second-order valence-electron chi connectivity index (χ2n) is 7.87. The van der Waals surface area contributed by atoms with Gasteiger partial charge in [0.1, 0.15) is 11.5 Å². The molecule has 1 N–H and O–H groups in total. The molecule has 1 aliphatic heterocycles. The average Bonchev–Trinajstić information content (AvgIpc) is 2.81. The second-order valence-corrected chi connectivity index (χ2v) is 9.84. The van der Waals surface area contributed by atoms with Crippen LogP contribution in [0.1, 0.15) is 18.4 Å². The van der Waals surface area contributed by atoms with E-state index in [0.717, 1.165) is 11.3 Å². The molecule has 0 bridgehead atoms. The van der Waals surface area contributed by atoms with Gasteiger partial charge in [-0.25, -0.2) is 12.7 Å². The molecule has 0 unspecified atom stereocenters. The molecular formula is C25H26N2O4S. The molecule has 1 amide bonds. The Morgan fingerprint density at radius 3 is 2.22 bits per heavy atom. The summed E-state index contributed by atoms with van der Waals surface area (Å²) in [5, 5.41) is 2.91. The van der Waals surface area contributed by atoms with Crippen molar-refractivity contribution in [2.75, 3.05) is 18.4 Å². The molecule has 166 valence electrons. The fourth-order valence-corrected chi connectivity index (χ4v) is 5.37. The van der Waals surface area contributed by atoms with Gasteiger partial charge in [0, 0.05) is 18.8 Å². The van der Waals surface area contributed by atoms with Crippen LogP contribution >= 0.6 is 0 Å². The van der Waals surface area contributed by atoms with Crippen molar-refractivity contribution in [2.24, 2.45) is 5.92 Å². The molecule has 0 spiro atoms. The van der Waals surface area contributed by atoms with Gasteiger partial charge in [-0.05, 0) is 54.8 Å². The number of carbonyl (C=O) groups excluding carboxylic acids is 1. The van der Waals surface area contributed by atoms with E-state index in [-0.39, 0.29) is 24.1 Å². The predicted octanol–water partition coefficient (Wildman–Crippen LogP) is 4.66. The molecule has 1 saturated heterocycles. The van der Waals surface area contributed by atoms with Gasteiger partial charge in [-0.2, -0.15) is 0 Å². The molecule has 6 nitrogen and oxygen atoms in total. The fraction of sp³-hybridized carbons (Fsp3) is 0.240. The van der Waals surface area contributed by atoms with Crippen LogP contribution in [0.2, 0.25) is 0 Å². The van der Waals surface area contributed by atoms with Gasteiger partial charge in [-0.3, -0.25) is 4.79 Å². The molecule has 1 atom stereocenters. The first-order chi connectivity index (χ1) is 15.5. The minimum Gasteiger partial charge on any atom is -0.457 e. The lowest BCUT2D eigenvalue weighted by atomic mass is 9.99. The van der Waals surface area contributed by atoms with E-state index < -0.39 is 10.0 Å². The van der Waals surface area contributed by atoms with Crippen LogP contribution in [0, 0.1) is 5.92 Å². The number of ether oxygens (including phenoxy) is 1. The molecule has 0 aromatic heterocycles. The zero-order valence-electron chi connectivity index (χ0n) is 17.7. The Bertz CT molecular complexity index is 1130. The van der Waals surface area contributed by atoms with Crippen LogP contribution in [0.15, 0.2) is 84.9 Å². The number of anilines is 1. The smallest absolute Gasteiger partial charge is 0.228 e. The Hall–Kier alpha value is -3.16. The first-order valence-electron chi connectivity index (χ1n) is 10.7. The van der Waals surface area contributed by atoms with Crippen LogP contribution in [0.25, 0.3) is 0 Å². The highest BCUT2D eigenvalue weighted by Crippen LogP contribution is 2.25. The van der Waals surface area contributed by atoms with Crippen LogP contribution in [0.3, 0.4) is 0 Å². The second kappa shape index (κ2) is 9.97. The van der Waals surface area contributed by atoms with Crippen molar-refractivity contribution in [2.45, 2.75) is 18.6 Å². The van der Waals surface area contributed by atoms with Crippen molar-refractivity contribution in [1.29, 1.82) is 0 Å². The van der Waals surface area contributed by atoms with Crippen LogP contribution in [-0.4, -0.2) is 31.7 Å². The molecule has 1 aliphatic rings. The summed E-state index contributed by atoms with van der Waals surface area (Å²) in [6, 6.07) is 25.7. The van der Waals surface area contributed by atoms with Gasteiger partial charge in [0.15, 0.2) is 0 Å². The highest BCUT2D eigenvalue weighted by molar-refractivity contribution is 7.88. The maximum Gasteiger partial charge on any atom is 0.228 e. The van der Waals surface area contributed by atoms with Crippen LogP contribution in [0.4, 0.5) is 5.69 Å². The average molecular weight is 451 g/mol. The fourth-order valence-electron chi connectivity index (χ4n) is 3.76. The Balaban J connectivity index is 1.35. The number of nitrogens with one attached hydrogen (secondary N) is 1. The van der Waals surface area contributed by atoms with E-state index in [0.29, 0.717) is 30.8 Å². The lowest BCUT2D eigenvalue weighted by Gasteiger charge is -2.31. The van der Waals surface area contributed by atoms with Crippen molar-refractivity contribution in [3.05, 3.63) is 90.5 Å². The number of nitrogens with zero attached hydrogens (tertiary/aromatic N) is 1. The minimum atomic E-state index is -3.47. The highest BCUT2D eigenvalue weighted by atomic mass is 32.2. The number of para-hydroxylation sites is 1. The molecule has 1 heterocycles. The SMILES string of the molecule is O=C(Nc1ccc(Oc2ccccc2)cc1)[C@H]1CCCN(S(=O)(=O)Cc2ccccc2)C1. The van der Waals surface area contributed by atoms with Crippen LogP contribution < -0.4 is 10.1 Å². The molecule has 0 radical (unpaired) electrons. The monoisotopic (exact) mass is 450 g/mol. The van der Waals surface area contributed by atoms with Gasteiger partial charge in [0.25, 0.3) is 0 Å². The van der Waals surface area contributed by atoms with E-state index in [1.54, 1.807) is 36.4 Å². The lowest BCUT2D eigenvalue weighted by molar-refractivity contribution is -0.120. The third-order valence-corrected chi connectivity index (χ3v) is 7.26. The summed E-state index contributed by atoms with van der Waals surface area (Å²) in [5.41, 5.74) is 1.40. The molecule has 1 fully saturated rings. The van der Waals surface area contributed by atoms with Crippen LogP contribution in [0.5, 0.6) is 11.5 Å². The zero-order valence-corrected chi connectivity index (χ0v) is 18.5. The Morgan fingerprint density at radius 1 is 0.906 bits per heavy atom. The predicted molar refractivity (Wildman–Crippen MR) is 125 cm³/mol. The third kappa shape index (κ3) is 5.75. The van der Waals surface area contributed by atoms with Crippen molar-refractivity contribution < 1.29 is 17.9 Å². The van der Waals surface area contributed by atoms with Gasteiger partial charge in [0.05, 0.1) is 11.7 Å². The first kappa shape index (κ1) is 22.0. The zero-order chi connectivity index (χ0) is 22.4. The van der Waals surface area contributed by atoms with Gasteiger partial charge in [-0.1, -0.05) is 48.5 Å². The summed E-state index contributed by atoms with van der Waals surface area (Å²) >= 11 is 0. The summed E-state index contributed by atoms with van der Waals surface area (Å²) in [5.74, 6) is 0.814. The van der Waals surface area contributed by atoms with Gasteiger partial charge in [0.2, 0.25) is 15.9 Å². The number of carbonyl (C=O) groups is 1. The van der Waals surface area contributed by atoms with Gasteiger partial charge >= 0.3 is 0 Å². The van der Waals surface area contributed by atoms with Gasteiger partial charge < -0.3 is 10.1 Å². The van der Waals surface area contributed by atoms with E-state index >= 15 is 0 Å². The number of amides is 1. The summed E-state index contributed by atoms with van der Waals surface area (Å²) in [7, 11) is -3.47. The molecule has 4 rings (SSSR count). The summed E-state index contributed by atoms with van der Waals surface area (Å²) in [6.45, 7) is 0.653. The quantitative estimate of drug-likeness (QED) is 0.568. The summed E-state index contributed by atoms with van der Waals surface area (Å²) < 4.78 is 32.9. The number of benzene rings is 3. The molecular weight excluding hydrogens is 424 g/mol. The topological polar surface area (TPSA) is 75.7 Å². The van der Waals surface area contributed by atoms with E-state index in [2.05, 4.69) is 5.32 Å². The molecule has 3 aromatic rings. The van der Waals surface area contributed by atoms with E-state index in [4.69, 9.17) is 4.74 Å². The molecule has 7 heteroatoms. The maximum absolute atomic E-state index is 12.8. The number of rotatable bonds is 7. The maximum atomic E-state index is 12.8. The standard InChI is InChI=1S/C25H26N2O4S/c28-25(26-22-13-15-24(16-14-22)31-23-11-5-2-6-12-23)21-10-7-17-27(18-21)32(29,30)19-20-8-3-1-4-9-20/h1-6,8-9,11-16,21H,7,10,17-19H2,(H,26,28)/t21-/m0/s1. The van der Waals surface area contributed by atoms with E-state index in [1.807, 2.05) is 48.5 Å². The van der Waals surface area contributed by atoms with Gasteiger partial charge in [-0.15, -0.1) is 0 Å². The number of hydrogen-bond acceptors (Lipinski definition) is 4. The Labute approximate surface area is 188 Å².